The average Bonchev–Trinajstić information content (AvgIpc) is 2.28. The van der Waals surface area contributed by atoms with Crippen LogP contribution in [0.15, 0.2) is 0 Å². The van der Waals surface area contributed by atoms with Gasteiger partial charge in [-0.25, -0.2) is 4.79 Å². The van der Waals surface area contributed by atoms with Crippen LogP contribution in [0, 0.1) is 11.3 Å². The molecule has 0 saturated heterocycles. The van der Waals surface area contributed by atoms with Crippen molar-refractivity contribution in [2.75, 3.05) is 6.54 Å². The third kappa shape index (κ3) is 3.10. The van der Waals surface area contributed by atoms with Gasteiger partial charge in [0.25, 0.3) is 0 Å². The molecule has 1 saturated carbocycles. The van der Waals surface area contributed by atoms with Gasteiger partial charge in [0, 0.05) is 12.5 Å². The van der Waals surface area contributed by atoms with Crippen molar-refractivity contribution in [3.63, 3.8) is 0 Å². The average molecular weight is 269 g/mol. The van der Waals surface area contributed by atoms with Gasteiger partial charge >= 0.3 is 5.97 Å². The maximum atomic E-state index is 12.8. The molecule has 1 amide bonds. The summed E-state index contributed by atoms with van der Waals surface area (Å²) >= 11 is 0. The predicted octanol–water partition coefficient (Wildman–Crippen LogP) is 2.91. The van der Waals surface area contributed by atoms with Gasteiger partial charge in [-0.1, -0.05) is 26.7 Å². The topological polar surface area (TPSA) is 57.6 Å². The summed E-state index contributed by atoms with van der Waals surface area (Å²) in [6.45, 7) is 9.73. The largest absolute Gasteiger partial charge is 0.480 e. The number of rotatable bonds is 4. The molecule has 0 aliphatic heterocycles. The van der Waals surface area contributed by atoms with E-state index in [1.165, 1.54) is 4.90 Å². The molecule has 4 heteroatoms. The zero-order valence-electron chi connectivity index (χ0n) is 12.8. The summed E-state index contributed by atoms with van der Waals surface area (Å²) in [5.74, 6) is -1.00. The normalized spacial score (nSPS) is 22.9. The van der Waals surface area contributed by atoms with Gasteiger partial charge in [0.1, 0.15) is 5.54 Å². The van der Waals surface area contributed by atoms with Gasteiger partial charge in [0.15, 0.2) is 0 Å². The molecule has 1 fully saturated rings. The van der Waals surface area contributed by atoms with Crippen molar-refractivity contribution in [2.45, 2.75) is 65.8 Å². The Morgan fingerprint density at radius 1 is 1.32 bits per heavy atom. The van der Waals surface area contributed by atoms with E-state index in [0.717, 1.165) is 25.7 Å². The maximum Gasteiger partial charge on any atom is 0.329 e. The van der Waals surface area contributed by atoms with Crippen molar-refractivity contribution in [3.8, 4) is 0 Å². The molecule has 4 nitrogen and oxygen atoms in total. The molecular formula is C15H27NO3. The number of hydrogen-bond acceptors (Lipinski definition) is 2. The first kappa shape index (κ1) is 16.0. The Labute approximate surface area is 116 Å². The number of amides is 1. The van der Waals surface area contributed by atoms with E-state index in [2.05, 4.69) is 13.8 Å². The number of likely N-dealkylation sites (N-methyl/N-ethyl adjacent to an activating group) is 1. The predicted molar refractivity (Wildman–Crippen MR) is 74.8 cm³/mol. The first-order chi connectivity index (χ1) is 8.64. The van der Waals surface area contributed by atoms with Gasteiger partial charge in [-0.15, -0.1) is 0 Å². The highest BCUT2D eigenvalue weighted by molar-refractivity contribution is 5.88. The maximum absolute atomic E-state index is 12.8. The highest BCUT2D eigenvalue weighted by atomic mass is 16.4. The monoisotopic (exact) mass is 269 g/mol. The Morgan fingerprint density at radius 3 is 2.32 bits per heavy atom. The molecule has 1 rings (SSSR count). The van der Waals surface area contributed by atoms with Crippen molar-refractivity contribution in [1.29, 1.82) is 0 Å². The van der Waals surface area contributed by atoms with Crippen LogP contribution in [0.4, 0.5) is 0 Å². The number of carbonyl (C=O) groups excluding carboxylic acids is 1. The summed E-state index contributed by atoms with van der Waals surface area (Å²) in [4.78, 5) is 25.7. The Bertz CT molecular complexity index is 360. The SMILES string of the molecule is CCN(C(=O)C1CCCCC1(C)C)C(C)(C)C(=O)O. The first-order valence-electron chi connectivity index (χ1n) is 7.19. The van der Waals surface area contributed by atoms with Crippen LogP contribution >= 0.6 is 0 Å². The standard InChI is InChI=1S/C15H27NO3/c1-6-16(15(4,5)13(18)19)12(17)11-9-7-8-10-14(11,2)3/h11H,6-10H2,1-5H3,(H,18,19). The van der Waals surface area contributed by atoms with Gasteiger partial charge in [0.05, 0.1) is 0 Å². The van der Waals surface area contributed by atoms with E-state index < -0.39 is 11.5 Å². The van der Waals surface area contributed by atoms with E-state index in [9.17, 15) is 14.7 Å². The fourth-order valence-electron chi connectivity index (χ4n) is 3.08. The lowest BCUT2D eigenvalue weighted by molar-refractivity contribution is -0.161. The van der Waals surface area contributed by atoms with Gasteiger partial charge in [-0.3, -0.25) is 4.79 Å². The van der Waals surface area contributed by atoms with Crippen molar-refractivity contribution in [2.24, 2.45) is 11.3 Å². The number of hydrogen-bond donors (Lipinski definition) is 1. The second kappa shape index (κ2) is 5.51. The number of carbonyl (C=O) groups is 2. The zero-order chi connectivity index (χ0) is 14.8. The molecule has 0 bridgehead atoms. The molecule has 1 unspecified atom stereocenters. The van der Waals surface area contributed by atoms with Crippen LogP contribution in [0.2, 0.25) is 0 Å². The van der Waals surface area contributed by atoms with Crippen molar-refractivity contribution in [1.82, 2.24) is 4.90 Å². The van der Waals surface area contributed by atoms with E-state index in [-0.39, 0.29) is 17.2 Å². The Balaban J connectivity index is 2.99. The Kier molecular flexibility index (Phi) is 4.64. The summed E-state index contributed by atoms with van der Waals surface area (Å²) in [6.07, 6.45) is 4.13. The second-order valence-corrected chi connectivity index (χ2v) is 6.73. The van der Waals surface area contributed by atoms with Crippen molar-refractivity contribution >= 4 is 11.9 Å². The summed E-state index contributed by atoms with van der Waals surface area (Å²) in [7, 11) is 0. The molecular weight excluding hydrogens is 242 g/mol. The summed E-state index contributed by atoms with van der Waals surface area (Å²) in [5, 5.41) is 9.33. The van der Waals surface area contributed by atoms with Crippen LogP contribution in [0.5, 0.6) is 0 Å². The lowest BCUT2D eigenvalue weighted by atomic mass is 9.68. The molecule has 1 atom stereocenters. The first-order valence-corrected chi connectivity index (χ1v) is 7.19. The van der Waals surface area contributed by atoms with E-state index in [1.54, 1.807) is 13.8 Å². The van der Waals surface area contributed by atoms with Gasteiger partial charge < -0.3 is 10.0 Å². The molecule has 1 N–H and O–H groups in total. The fraction of sp³-hybridized carbons (Fsp3) is 0.867. The van der Waals surface area contributed by atoms with Crippen LogP contribution in [-0.4, -0.2) is 34.0 Å². The lowest BCUT2D eigenvalue weighted by Gasteiger charge is -2.43. The number of carboxylic acids is 1. The smallest absolute Gasteiger partial charge is 0.329 e. The van der Waals surface area contributed by atoms with Crippen molar-refractivity contribution in [3.05, 3.63) is 0 Å². The molecule has 0 aromatic carbocycles. The van der Waals surface area contributed by atoms with Crippen molar-refractivity contribution < 1.29 is 14.7 Å². The van der Waals surface area contributed by atoms with E-state index in [1.807, 2.05) is 6.92 Å². The van der Waals surface area contributed by atoms with E-state index in [4.69, 9.17) is 0 Å². The summed E-state index contributed by atoms with van der Waals surface area (Å²) in [6, 6.07) is 0. The highest BCUT2D eigenvalue weighted by Gasteiger charge is 2.44. The fourth-order valence-corrected chi connectivity index (χ4v) is 3.08. The minimum absolute atomic E-state index is 0.000370. The minimum Gasteiger partial charge on any atom is -0.480 e. The van der Waals surface area contributed by atoms with Crippen LogP contribution in [0.1, 0.15) is 60.3 Å². The molecule has 110 valence electrons. The third-order valence-electron chi connectivity index (χ3n) is 4.59. The van der Waals surface area contributed by atoms with Gasteiger partial charge in [-0.2, -0.15) is 0 Å². The molecule has 0 radical (unpaired) electrons. The minimum atomic E-state index is -1.14. The second-order valence-electron chi connectivity index (χ2n) is 6.73. The summed E-state index contributed by atoms with van der Waals surface area (Å²) in [5.41, 5.74) is -1.17. The van der Waals surface area contributed by atoms with Crippen LogP contribution in [-0.2, 0) is 9.59 Å². The van der Waals surface area contributed by atoms with E-state index in [0.29, 0.717) is 6.54 Å². The van der Waals surface area contributed by atoms with Crippen LogP contribution < -0.4 is 0 Å². The Hall–Kier alpha value is -1.06. The number of nitrogens with zero attached hydrogens (tertiary/aromatic N) is 1. The van der Waals surface area contributed by atoms with Gasteiger partial charge in [0.2, 0.25) is 5.91 Å². The molecule has 0 spiro atoms. The van der Waals surface area contributed by atoms with Crippen LogP contribution in [0.3, 0.4) is 0 Å². The van der Waals surface area contributed by atoms with Gasteiger partial charge in [-0.05, 0) is 39.0 Å². The molecule has 0 heterocycles. The quantitative estimate of drug-likeness (QED) is 0.853. The van der Waals surface area contributed by atoms with Crippen LogP contribution in [0.25, 0.3) is 0 Å². The zero-order valence-corrected chi connectivity index (χ0v) is 12.8. The molecule has 19 heavy (non-hydrogen) atoms. The lowest BCUT2D eigenvalue weighted by Crippen LogP contribution is -2.56. The third-order valence-corrected chi connectivity index (χ3v) is 4.59. The molecule has 1 aliphatic carbocycles. The molecule has 1 aliphatic rings. The number of aliphatic carboxylic acids is 1. The van der Waals surface area contributed by atoms with E-state index >= 15 is 0 Å². The number of carboxylic acid groups (broad SMARTS) is 1. The Morgan fingerprint density at radius 2 is 1.89 bits per heavy atom. The summed E-state index contributed by atoms with van der Waals surface area (Å²) < 4.78 is 0. The highest BCUT2D eigenvalue weighted by Crippen LogP contribution is 2.42. The molecule has 0 aromatic rings. The molecule has 0 aromatic heterocycles.